The van der Waals surface area contributed by atoms with Gasteiger partial charge in [0.15, 0.2) is 6.61 Å². The van der Waals surface area contributed by atoms with Crippen molar-refractivity contribution in [1.29, 1.82) is 0 Å². The number of fused-ring (bicyclic) bond motifs is 1. The number of nitrogens with one attached hydrogen (secondary N) is 2. The molecule has 14 nitrogen and oxygen atoms in total. The second-order valence-corrected chi connectivity index (χ2v) is 8.08. The molecule has 1 aromatic carbocycles. The molecule has 1 aromatic rings. The number of ether oxygens (including phenoxy) is 3. The minimum atomic E-state index is -5.08. The van der Waals surface area contributed by atoms with E-state index in [2.05, 4.69) is 10.6 Å². The molecule has 0 saturated carbocycles. The lowest BCUT2D eigenvalue weighted by Gasteiger charge is -2.27. The van der Waals surface area contributed by atoms with E-state index in [1.165, 1.54) is 18.2 Å². The maximum atomic E-state index is 13.0. The van der Waals surface area contributed by atoms with Gasteiger partial charge in [-0.1, -0.05) is 6.07 Å². The van der Waals surface area contributed by atoms with Crippen molar-refractivity contribution in [1.82, 2.24) is 15.5 Å². The molecule has 2 aliphatic rings. The number of hydrogen-bond donors (Lipinski definition) is 4. The van der Waals surface area contributed by atoms with Crippen molar-refractivity contribution in [3.05, 3.63) is 29.3 Å². The molecular weight excluding hydrogens is 549 g/mol. The highest BCUT2D eigenvalue weighted by atomic mass is 19.4. The Morgan fingerprint density at radius 3 is 2.33 bits per heavy atom. The Hall–Kier alpha value is -4.09. The molecule has 2 aliphatic heterocycles. The van der Waals surface area contributed by atoms with E-state index >= 15 is 0 Å². The highest BCUT2D eigenvalue weighted by Crippen LogP contribution is 2.33. The van der Waals surface area contributed by atoms with Gasteiger partial charge in [0.2, 0.25) is 11.8 Å². The van der Waals surface area contributed by atoms with Gasteiger partial charge < -0.3 is 30.4 Å². The molecule has 0 spiro atoms. The van der Waals surface area contributed by atoms with E-state index in [1.807, 2.05) is 0 Å². The molecule has 40 heavy (non-hydrogen) atoms. The molecule has 0 radical (unpaired) electrons. The summed E-state index contributed by atoms with van der Waals surface area (Å²) in [4.78, 5) is 71.1. The Labute approximate surface area is 224 Å². The number of amides is 5. The SMILES string of the molecule is NCCOCCOCCNC(=O)COc1cccc2c1C(=O)N(C1CCC(=O)NC1=O)C2=O.O=C(O)C(F)(F)F. The molecule has 1 atom stereocenters. The van der Waals surface area contributed by atoms with Gasteiger partial charge in [-0.2, -0.15) is 13.2 Å². The molecule has 1 unspecified atom stereocenters. The third-order valence-corrected chi connectivity index (χ3v) is 5.23. The fourth-order valence-corrected chi connectivity index (χ4v) is 3.47. The van der Waals surface area contributed by atoms with Gasteiger partial charge in [-0.15, -0.1) is 0 Å². The average Bonchev–Trinajstić information content (AvgIpc) is 3.14. The number of piperidine rings is 1. The number of hydrogen-bond acceptors (Lipinski definition) is 10. The van der Waals surface area contributed by atoms with Crippen LogP contribution < -0.4 is 21.1 Å². The van der Waals surface area contributed by atoms with Gasteiger partial charge in [0.25, 0.3) is 17.7 Å². The number of carboxylic acids is 1. The first-order valence-electron chi connectivity index (χ1n) is 11.8. The summed E-state index contributed by atoms with van der Waals surface area (Å²) in [6.07, 6.45) is -5.01. The van der Waals surface area contributed by atoms with E-state index in [4.69, 9.17) is 29.8 Å². The second kappa shape index (κ2) is 14.9. The summed E-state index contributed by atoms with van der Waals surface area (Å²) in [5, 5.41) is 11.9. The highest BCUT2D eigenvalue weighted by molar-refractivity contribution is 6.24. The van der Waals surface area contributed by atoms with Gasteiger partial charge in [-0.3, -0.25) is 34.2 Å². The molecule has 5 N–H and O–H groups in total. The average molecular weight is 576 g/mol. The van der Waals surface area contributed by atoms with Crippen molar-refractivity contribution in [2.75, 3.05) is 46.1 Å². The van der Waals surface area contributed by atoms with Gasteiger partial charge in [-0.05, 0) is 18.6 Å². The minimum Gasteiger partial charge on any atom is -0.483 e. The Bertz CT molecular complexity index is 1130. The summed E-state index contributed by atoms with van der Waals surface area (Å²) < 4.78 is 47.7. The Kier molecular flexibility index (Phi) is 12.0. The molecule has 0 aromatic heterocycles. The van der Waals surface area contributed by atoms with Crippen LogP contribution in [0.4, 0.5) is 13.2 Å². The van der Waals surface area contributed by atoms with Crippen LogP contribution >= 0.6 is 0 Å². The number of carbonyl (C=O) groups excluding carboxylic acids is 5. The molecule has 220 valence electrons. The lowest BCUT2D eigenvalue weighted by Crippen LogP contribution is -2.54. The Morgan fingerprint density at radius 2 is 1.73 bits per heavy atom. The predicted molar refractivity (Wildman–Crippen MR) is 126 cm³/mol. The lowest BCUT2D eigenvalue weighted by atomic mass is 10.0. The summed E-state index contributed by atoms with van der Waals surface area (Å²) in [5.41, 5.74) is 5.36. The molecule has 1 fully saturated rings. The van der Waals surface area contributed by atoms with Gasteiger partial charge in [-0.25, -0.2) is 4.79 Å². The molecular formula is C23H27F3N4O10. The van der Waals surface area contributed by atoms with Crippen LogP contribution in [0.5, 0.6) is 5.75 Å². The highest BCUT2D eigenvalue weighted by Gasteiger charge is 2.46. The quantitative estimate of drug-likeness (QED) is 0.179. The van der Waals surface area contributed by atoms with Crippen LogP contribution in [0.2, 0.25) is 0 Å². The number of aliphatic carboxylic acids is 1. The fraction of sp³-hybridized carbons (Fsp3) is 0.478. The monoisotopic (exact) mass is 576 g/mol. The number of imide groups is 2. The first-order valence-corrected chi connectivity index (χ1v) is 11.8. The van der Waals surface area contributed by atoms with Crippen molar-refractivity contribution in [2.45, 2.75) is 25.1 Å². The second-order valence-electron chi connectivity index (χ2n) is 8.08. The maximum absolute atomic E-state index is 13.0. The zero-order chi connectivity index (χ0) is 29.9. The van der Waals surface area contributed by atoms with Gasteiger partial charge in [0.05, 0.1) is 37.6 Å². The van der Waals surface area contributed by atoms with Crippen LogP contribution in [-0.4, -0.2) is 104 Å². The first-order chi connectivity index (χ1) is 18.9. The number of nitrogens with two attached hydrogens (primary N) is 1. The molecule has 3 rings (SSSR count). The van der Waals surface area contributed by atoms with Crippen molar-refractivity contribution in [2.24, 2.45) is 5.73 Å². The van der Waals surface area contributed by atoms with E-state index in [0.717, 1.165) is 4.90 Å². The van der Waals surface area contributed by atoms with Crippen LogP contribution in [0.15, 0.2) is 18.2 Å². The van der Waals surface area contributed by atoms with E-state index in [0.29, 0.717) is 26.4 Å². The van der Waals surface area contributed by atoms with Gasteiger partial charge in [0, 0.05) is 19.5 Å². The number of carboxylic acid groups (broad SMARTS) is 1. The molecule has 5 amide bonds. The minimum absolute atomic E-state index is 0.0131. The molecule has 0 bridgehead atoms. The number of carbonyl (C=O) groups is 6. The largest absolute Gasteiger partial charge is 0.490 e. The predicted octanol–water partition coefficient (Wildman–Crippen LogP) is -0.792. The Balaban J connectivity index is 0.000000708. The first kappa shape index (κ1) is 32.1. The summed E-state index contributed by atoms with van der Waals surface area (Å²) in [5.74, 6) is -5.63. The number of benzene rings is 1. The van der Waals surface area contributed by atoms with E-state index in [1.54, 1.807) is 0 Å². The number of rotatable bonds is 12. The van der Waals surface area contributed by atoms with Crippen LogP contribution in [0.3, 0.4) is 0 Å². The van der Waals surface area contributed by atoms with E-state index in [9.17, 15) is 37.1 Å². The third kappa shape index (κ3) is 8.99. The van der Waals surface area contributed by atoms with Gasteiger partial charge >= 0.3 is 12.1 Å². The smallest absolute Gasteiger partial charge is 0.483 e. The van der Waals surface area contributed by atoms with Crippen LogP contribution in [0.1, 0.15) is 33.6 Å². The molecule has 17 heteroatoms. The van der Waals surface area contributed by atoms with Crippen LogP contribution in [0.25, 0.3) is 0 Å². The van der Waals surface area contributed by atoms with Crippen molar-refractivity contribution in [3.8, 4) is 5.75 Å². The van der Waals surface area contributed by atoms with Crippen molar-refractivity contribution in [3.63, 3.8) is 0 Å². The fourth-order valence-electron chi connectivity index (χ4n) is 3.47. The normalized spacial score (nSPS) is 16.6. The summed E-state index contributed by atoms with van der Waals surface area (Å²) in [6.45, 7) is 1.85. The third-order valence-electron chi connectivity index (χ3n) is 5.23. The zero-order valence-corrected chi connectivity index (χ0v) is 21.0. The van der Waals surface area contributed by atoms with Crippen LogP contribution in [0, 0.1) is 0 Å². The lowest BCUT2D eigenvalue weighted by molar-refractivity contribution is -0.192. The number of halogens is 3. The topological polar surface area (TPSA) is 204 Å². The molecule has 0 aliphatic carbocycles. The number of nitrogens with zero attached hydrogens (tertiary/aromatic N) is 1. The summed E-state index contributed by atoms with van der Waals surface area (Å²) in [7, 11) is 0. The van der Waals surface area contributed by atoms with E-state index < -0.39 is 47.7 Å². The van der Waals surface area contributed by atoms with Crippen molar-refractivity contribution < 1.29 is 61.3 Å². The maximum Gasteiger partial charge on any atom is 0.490 e. The van der Waals surface area contributed by atoms with Crippen LogP contribution in [-0.2, 0) is 28.7 Å². The summed E-state index contributed by atoms with van der Waals surface area (Å²) >= 11 is 0. The zero-order valence-electron chi connectivity index (χ0n) is 21.0. The van der Waals surface area contributed by atoms with Gasteiger partial charge in [0.1, 0.15) is 11.8 Å². The molecule has 1 saturated heterocycles. The molecule has 2 heterocycles. The Morgan fingerprint density at radius 1 is 1.07 bits per heavy atom. The standard InChI is InChI=1S/C21H26N4O8.C2HF3O2/c22-6-8-31-10-11-32-9-7-23-17(27)12-33-15-3-1-2-13-18(15)21(30)25(20(13)29)14-4-5-16(26)24-19(14)28;3-2(4,5)1(6)7/h1-3,14H,4-12,22H2,(H,23,27)(H,24,26,28);(H,6,7). The number of alkyl halides is 3. The van der Waals surface area contributed by atoms with E-state index in [-0.39, 0.29) is 49.5 Å². The van der Waals surface area contributed by atoms with Crippen molar-refractivity contribution >= 4 is 35.5 Å². The summed E-state index contributed by atoms with van der Waals surface area (Å²) in [6, 6.07) is 3.36.